The fourth-order valence-electron chi connectivity index (χ4n) is 0. The Balaban J connectivity index is 0. The van der Waals surface area contributed by atoms with Crippen molar-refractivity contribution in [3.8, 4) is 0 Å². The van der Waals surface area contributed by atoms with E-state index in [0.29, 0.717) is 0 Å². The monoisotopic (exact) mass is 3080 g/mol. The first-order valence-corrected chi connectivity index (χ1v) is 0. The van der Waals surface area contributed by atoms with Crippen molar-refractivity contribution in [3.63, 3.8) is 0 Å². The van der Waals surface area contributed by atoms with Crippen LogP contribution in [0.4, 0.5) is 0 Å². The minimum absolute atomic E-state index is 0. The molecule has 0 aliphatic rings. The molecular formula is H82CoK6O41SiW11. The molecule has 60 heteroatoms. The van der Waals surface area contributed by atoms with Crippen LogP contribution in [-0.4, -0.2) is 544 Å². The molecule has 0 aromatic heterocycles. The third kappa shape index (κ3) is 1480. The van der Waals surface area contributed by atoms with E-state index >= 15 is 0 Å². The van der Waals surface area contributed by atoms with E-state index in [4.69, 9.17) is 0 Å². The van der Waals surface area contributed by atoms with E-state index in [1.165, 1.54) is 0 Å². The van der Waals surface area contributed by atoms with Gasteiger partial charge in [-0.05, 0) is 0 Å². The van der Waals surface area contributed by atoms with Crippen molar-refractivity contribution in [2.45, 2.75) is 0 Å². The van der Waals surface area contributed by atoms with Gasteiger partial charge in [-0.25, -0.2) is 0 Å². The fraction of sp³-hybridized carbons (Fsp3) is 0. The van der Waals surface area contributed by atoms with Crippen LogP contribution in [0.1, 0.15) is 0 Å². The second-order valence-electron chi connectivity index (χ2n) is 0. The van der Waals surface area contributed by atoms with E-state index in [9.17, 15) is 0 Å². The van der Waals surface area contributed by atoms with Gasteiger partial charge in [0.15, 0.2) is 0 Å². The van der Waals surface area contributed by atoms with Crippen molar-refractivity contribution in [1.29, 1.82) is 0 Å². The predicted molar refractivity (Wildman–Crippen MR) is 188 cm³/mol. The van der Waals surface area contributed by atoms with Crippen molar-refractivity contribution in [2.75, 3.05) is 0 Å². The van der Waals surface area contributed by atoms with Gasteiger partial charge in [0.2, 0.25) is 0 Å². The first kappa shape index (κ1) is 1610. The third-order valence-electron chi connectivity index (χ3n) is 0. The van der Waals surface area contributed by atoms with Gasteiger partial charge in [0, 0.05) is 568 Å². The van der Waals surface area contributed by atoms with Crippen molar-refractivity contribution in [1.82, 2.24) is 0 Å². The molecule has 0 aromatic rings. The summed E-state index contributed by atoms with van der Waals surface area (Å²) in [5, 5.41) is 0. The van der Waals surface area contributed by atoms with Crippen LogP contribution in [-0.2, 0) is 248 Å². The van der Waals surface area contributed by atoms with E-state index in [-0.39, 0.29) is 792 Å². The van der Waals surface area contributed by atoms with Crippen LogP contribution in [0.5, 0.6) is 0 Å². The van der Waals surface area contributed by atoms with Gasteiger partial charge in [0.25, 0.3) is 0 Å². The summed E-state index contributed by atoms with van der Waals surface area (Å²) in [6.07, 6.45) is 0. The first-order valence-electron chi connectivity index (χ1n) is 0. The second kappa shape index (κ2) is 1540. The zero-order chi connectivity index (χ0) is 0. The van der Waals surface area contributed by atoms with Gasteiger partial charge in [0.05, 0.1) is 0 Å². The van der Waals surface area contributed by atoms with E-state index in [1.807, 2.05) is 0 Å². The summed E-state index contributed by atoms with van der Waals surface area (Å²) in [5.74, 6) is 0. The summed E-state index contributed by atoms with van der Waals surface area (Å²) in [7, 11) is 0. The van der Waals surface area contributed by atoms with Crippen LogP contribution >= 0.6 is 0 Å². The first-order chi connectivity index (χ1) is 0. The molecule has 0 bridgehead atoms. The SMILES string of the molecule is O.O.O.O.O.O.O.O.O.O.O.O.O.O.O.O.O.O.O.O.O.O.O.O.O.O.O.O.O.O.O.O.O.O.O.O.O.O.O.O.O.[Co].[K].[K].[K].[K].[K].[K].[Si].[W].[W].[W].[W].[W].[W].[W].[W].[W].[W].[W]. The molecule has 0 aromatic carbocycles. The number of rotatable bonds is 0. The summed E-state index contributed by atoms with van der Waals surface area (Å²) < 4.78 is 0. The van der Waals surface area contributed by atoms with Gasteiger partial charge in [0.1, 0.15) is 0 Å². The molecule has 0 amide bonds. The summed E-state index contributed by atoms with van der Waals surface area (Å²) >= 11 is 0. The molecule has 413 valence electrons. The van der Waals surface area contributed by atoms with E-state index in [1.54, 1.807) is 0 Å². The van der Waals surface area contributed by atoms with Gasteiger partial charge < -0.3 is 225 Å². The van der Waals surface area contributed by atoms with E-state index < -0.39 is 0 Å². The molecule has 0 fully saturated rings. The summed E-state index contributed by atoms with van der Waals surface area (Å²) in [4.78, 5) is 0. The molecule has 0 spiro atoms. The van der Waals surface area contributed by atoms with Crippen LogP contribution in [0, 0.1) is 0 Å². The van der Waals surface area contributed by atoms with Crippen LogP contribution < -0.4 is 0 Å². The smallest absolute Gasteiger partial charge is 0 e. The standard InChI is InChI=1S/Co.6K.41H2O.Si.11W/h;;;;;;;41*1H2;;;;;;;;;;;;. The van der Waals surface area contributed by atoms with Crippen molar-refractivity contribution >= 4 is 319 Å². The van der Waals surface area contributed by atoms with E-state index in [2.05, 4.69) is 0 Å². The molecular weight excluding hydrogens is 3000 g/mol. The Labute approximate surface area is 771 Å². The maximum Gasteiger partial charge on any atom is 0 e. The molecule has 60 heavy (non-hydrogen) atoms. The molecule has 0 rings (SSSR count). The molecule has 11 radical (unpaired) electrons. The van der Waals surface area contributed by atoms with Crippen molar-refractivity contribution in [2.24, 2.45) is 0 Å². The zero-order valence-electron chi connectivity index (χ0n) is 31.8. The fourth-order valence-corrected chi connectivity index (χ4v) is 0. The van der Waals surface area contributed by atoms with Crippen molar-refractivity contribution < 1.29 is 473 Å². The Hall–Kier alpha value is 16.5. The summed E-state index contributed by atoms with van der Waals surface area (Å²) in [5.41, 5.74) is 0. The summed E-state index contributed by atoms with van der Waals surface area (Å²) in [6, 6.07) is 0. The molecule has 0 saturated carbocycles. The Morgan fingerprint density at radius 1 is 0.0833 bits per heavy atom. The van der Waals surface area contributed by atoms with Crippen LogP contribution in [0.15, 0.2) is 0 Å². The molecule has 0 aliphatic heterocycles. The minimum atomic E-state index is 0. The molecule has 41 nitrogen and oxygen atoms in total. The van der Waals surface area contributed by atoms with Gasteiger partial charge in [-0.3, -0.25) is 0 Å². The quantitative estimate of drug-likeness (QED) is 0.204. The van der Waals surface area contributed by atoms with Gasteiger partial charge in [-0.2, -0.15) is 0 Å². The summed E-state index contributed by atoms with van der Waals surface area (Å²) in [6.45, 7) is 0. The van der Waals surface area contributed by atoms with Crippen LogP contribution in [0.3, 0.4) is 0 Å². The van der Waals surface area contributed by atoms with E-state index in [0.717, 1.165) is 0 Å². The van der Waals surface area contributed by atoms with Crippen LogP contribution in [0.2, 0.25) is 0 Å². The Morgan fingerprint density at radius 2 is 0.0833 bits per heavy atom. The molecule has 0 atom stereocenters. The third-order valence-corrected chi connectivity index (χ3v) is 0. The van der Waals surface area contributed by atoms with Crippen molar-refractivity contribution in [3.05, 3.63) is 0 Å². The molecule has 0 unspecified atom stereocenters. The Bertz CT molecular complexity index is 81.2. The predicted octanol–water partition coefficient (Wildman–Crippen LogP) is -36.5. The maximum absolute atomic E-state index is 0. The van der Waals surface area contributed by atoms with Crippen LogP contribution in [0.25, 0.3) is 0 Å². The maximum atomic E-state index is 0. The molecule has 0 aliphatic carbocycles. The minimum Gasteiger partial charge on any atom is -0.412 e. The Kier molecular flexibility index (Phi) is 41300. The topological polar surface area (TPSA) is 1290 Å². The van der Waals surface area contributed by atoms with Gasteiger partial charge in [-0.15, -0.1) is 0 Å². The average Bonchev–Trinajstić information content (AvgIpc) is 0. The number of hydrogen-bond acceptors (Lipinski definition) is 0. The molecule has 0 heterocycles. The van der Waals surface area contributed by atoms with Gasteiger partial charge in [-0.1, -0.05) is 0 Å². The molecule has 82 N–H and O–H groups in total. The Morgan fingerprint density at radius 3 is 0.0833 bits per heavy atom. The largest absolute Gasteiger partial charge is 0.412 e. The zero-order valence-corrected chi connectivity index (χ0v) is 84.9. The average molecular weight is 3080 g/mol. The number of hydrogen-bond donors (Lipinski definition) is 0. The normalized spacial score (nSPS) is 0. The molecule has 0 saturated heterocycles. The second-order valence-corrected chi connectivity index (χ2v) is 0. The van der Waals surface area contributed by atoms with Gasteiger partial charge >= 0.3 is 0 Å².